The van der Waals surface area contributed by atoms with E-state index in [0.717, 1.165) is 91.8 Å². The van der Waals surface area contributed by atoms with Gasteiger partial charge in [0.15, 0.2) is 5.82 Å². The number of anilines is 6. The summed E-state index contributed by atoms with van der Waals surface area (Å²) in [6.45, 7) is 2.76. The van der Waals surface area contributed by atoms with Crippen LogP contribution in [0.1, 0.15) is 112 Å². The number of non-ortho nitro benzene ring substituents is 3. The van der Waals surface area contributed by atoms with Gasteiger partial charge in [0.1, 0.15) is 17.4 Å². The van der Waals surface area contributed by atoms with Crippen molar-refractivity contribution < 1.29 is 72.1 Å². The first-order valence-electron chi connectivity index (χ1n) is 46.9. The molecule has 0 spiro atoms. The highest BCUT2D eigenvalue weighted by Crippen LogP contribution is 2.41. The number of halogens is 3. The third-order valence-corrected chi connectivity index (χ3v) is 26.0. The van der Waals surface area contributed by atoms with Crippen LogP contribution in [0, 0.1) is 42.0 Å². The summed E-state index contributed by atoms with van der Waals surface area (Å²) in [5.74, 6) is -5.18. The minimum atomic E-state index is -0.961. The lowest BCUT2D eigenvalue weighted by atomic mass is 10.0. The molecule has 40 heteroatoms. The van der Waals surface area contributed by atoms with Crippen molar-refractivity contribution in [1.29, 1.82) is 0 Å². The Balaban J connectivity index is 0.000000113. The fraction of sp³-hybridized carbons (Fsp3) is 0.109. The summed E-state index contributed by atoms with van der Waals surface area (Å²) in [5.41, 5.74) is 16.8. The number of rotatable bonds is 17. The second-order valence-corrected chi connectivity index (χ2v) is 35.2. The minimum Gasteiger partial charge on any atom is -0.481 e. The van der Waals surface area contributed by atoms with Crippen molar-refractivity contribution in [2.24, 2.45) is 0 Å². The molecule has 150 heavy (non-hydrogen) atoms. The van der Waals surface area contributed by atoms with E-state index in [1.54, 1.807) is 148 Å². The van der Waals surface area contributed by atoms with Gasteiger partial charge >= 0.3 is 11.9 Å². The zero-order chi connectivity index (χ0) is 104. The van der Waals surface area contributed by atoms with Gasteiger partial charge in [0.25, 0.3) is 52.5 Å². The molecule has 0 fully saturated rings. The maximum atomic E-state index is 13.9. The topological polar surface area (TPSA) is 433 Å². The molecule has 0 aliphatic carbocycles. The smallest absolute Gasteiger partial charge is 0.335 e. The molecule has 6 aromatic heterocycles. The van der Waals surface area contributed by atoms with Crippen LogP contribution in [0.25, 0.3) is 34.1 Å². The van der Waals surface area contributed by atoms with Gasteiger partial charge in [-0.25, -0.2) is 41.7 Å². The third-order valence-electron chi connectivity index (χ3n) is 25.7. The van der Waals surface area contributed by atoms with Gasteiger partial charge in [0.05, 0.1) is 124 Å². The first-order valence-corrected chi connectivity index (χ1v) is 47.3. The second kappa shape index (κ2) is 43.3. The van der Waals surface area contributed by atoms with Crippen molar-refractivity contribution in [3.63, 3.8) is 0 Å². The van der Waals surface area contributed by atoms with Crippen LogP contribution in [-0.2, 0) is 36.9 Å². The largest absolute Gasteiger partial charge is 0.481 e. The van der Waals surface area contributed by atoms with Gasteiger partial charge in [-0.15, -0.1) is 0 Å². The predicted molar refractivity (Wildman–Crippen MR) is 551 cm³/mol. The van der Waals surface area contributed by atoms with E-state index in [9.17, 15) is 82.6 Å². The number of aromatic nitrogens is 12. The summed E-state index contributed by atoms with van der Waals surface area (Å²) in [6.07, 6.45) is 22.1. The Morgan fingerprint density at radius 3 is 0.933 bits per heavy atom. The molecule has 0 radical (unpaired) electrons. The fourth-order valence-corrected chi connectivity index (χ4v) is 18.5. The molecule has 0 bridgehead atoms. The van der Waals surface area contributed by atoms with E-state index < -0.39 is 44.3 Å². The number of hydrogen-bond donors (Lipinski definition) is 2. The van der Waals surface area contributed by atoms with Crippen molar-refractivity contribution in [3.05, 3.63) is 479 Å². The molecule has 12 heterocycles. The summed E-state index contributed by atoms with van der Waals surface area (Å²) in [7, 11) is 0. The number of hydrogen-bond acceptors (Lipinski definition) is 20. The lowest BCUT2D eigenvalue weighted by molar-refractivity contribution is -0.385. The average Bonchev–Trinajstić information content (AvgIpc) is 1.62. The number of fused-ring (bicyclic) bond motifs is 6. The Bertz CT molecular complexity index is 8120. The predicted octanol–water partition coefficient (Wildman–Crippen LogP) is 18.4. The van der Waals surface area contributed by atoms with Gasteiger partial charge in [-0.1, -0.05) is 133 Å². The highest BCUT2D eigenvalue weighted by molar-refractivity contribution is 6.32. The Labute approximate surface area is 855 Å². The normalized spacial score (nSPS) is 13.4. The first-order chi connectivity index (χ1) is 72.7. The van der Waals surface area contributed by atoms with Gasteiger partial charge in [0, 0.05) is 153 Å². The summed E-state index contributed by atoms with van der Waals surface area (Å²) in [5, 5.41) is 77.0. The zero-order valence-corrected chi connectivity index (χ0v) is 79.8. The van der Waals surface area contributed by atoms with E-state index in [4.69, 9.17) is 16.7 Å². The molecular formula is C110H84ClF2N21O16. The maximum Gasteiger partial charge on any atom is 0.335 e. The number of carbonyl (C=O) groups excluding carboxylic acids is 6. The number of carboxylic acids is 2. The first kappa shape index (κ1) is 98.8. The summed E-state index contributed by atoms with van der Waals surface area (Å²) < 4.78 is 36.3. The number of nitrogens with zero attached hydrogens (tertiary/aromatic N) is 21. The molecule has 6 aliphatic heterocycles. The molecule has 18 aromatic rings. The van der Waals surface area contributed by atoms with Gasteiger partial charge in [-0.05, 0) is 187 Å². The van der Waals surface area contributed by atoms with Crippen molar-refractivity contribution in [1.82, 2.24) is 58.7 Å². The molecule has 746 valence electrons. The average molecular weight is 2030 g/mol. The molecule has 0 saturated heterocycles. The van der Waals surface area contributed by atoms with Gasteiger partial charge in [-0.3, -0.25) is 63.9 Å². The SMILES string of the molecule is O=C(O)C1CN(C(=O)c2cnn(-c3ccccc3)c2)c2ccccc21.O=C(O)c1ccc2c(c1)CCN2C(=O)c1cnn(-c2ccccc2)c1.O=C(c1cnn(-c2ccc(F)cc2F)c1)N1CCc2cc([N+](=O)[O-])ccc21.O=C(c1cnn(-c2ccccc2)c1)N1CCc2cc([N+](=O)[O-])ccc21.O=C(c1cnn(-c2ccccc2)c1)N1CCc2ccccc21.O=C(c1cnn(-c2ccccc2Cl)c1)N1CCc2cc([N+](=O)[O-])ccc21. The van der Waals surface area contributed by atoms with Crippen LogP contribution < -0.4 is 29.4 Å². The number of amides is 6. The highest BCUT2D eigenvalue weighted by atomic mass is 35.5. The molecule has 1 atom stereocenters. The van der Waals surface area contributed by atoms with Crippen LogP contribution in [0.3, 0.4) is 0 Å². The summed E-state index contributed by atoms with van der Waals surface area (Å²) >= 11 is 6.17. The number of para-hydroxylation sites is 7. The number of aliphatic carboxylic acids is 1. The van der Waals surface area contributed by atoms with Crippen LogP contribution in [0.4, 0.5) is 60.0 Å². The molecule has 6 aliphatic rings. The van der Waals surface area contributed by atoms with Crippen LogP contribution in [0.2, 0.25) is 5.02 Å². The molecule has 24 rings (SSSR count). The van der Waals surface area contributed by atoms with Crippen LogP contribution >= 0.6 is 11.6 Å². The van der Waals surface area contributed by atoms with Gasteiger partial charge < -0.3 is 39.6 Å². The van der Waals surface area contributed by atoms with Crippen molar-refractivity contribution in [2.75, 3.05) is 68.7 Å². The van der Waals surface area contributed by atoms with Crippen LogP contribution in [0.15, 0.2) is 359 Å². The number of carboxylic acid groups (broad SMARTS) is 2. The number of benzene rings is 12. The van der Waals surface area contributed by atoms with E-state index in [1.165, 1.54) is 88.7 Å². The fourth-order valence-electron chi connectivity index (χ4n) is 18.2. The van der Waals surface area contributed by atoms with E-state index in [2.05, 4.69) is 36.7 Å². The zero-order valence-electron chi connectivity index (χ0n) is 79.1. The Kier molecular flexibility index (Phi) is 28.5. The maximum absolute atomic E-state index is 13.9. The lowest BCUT2D eigenvalue weighted by Crippen LogP contribution is -2.31. The molecule has 37 nitrogen and oxygen atoms in total. The molecule has 0 saturated carbocycles. The minimum absolute atomic E-state index is 0.00660. The third kappa shape index (κ3) is 21.1. The van der Waals surface area contributed by atoms with Crippen molar-refractivity contribution in [3.8, 4) is 34.1 Å². The Morgan fingerprint density at radius 1 is 0.293 bits per heavy atom. The Morgan fingerprint density at radius 2 is 0.580 bits per heavy atom. The van der Waals surface area contributed by atoms with E-state index in [1.807, 2.05) is 163 Å². The number of nitro groups is 3. The van der Waals surface area contributed by atoms with Crippen molar-refractivity contribution in [2.45, 2.75) is 38.0 Å². The van der Waals surface area contributed by atoms with Crippen LogP contribution in [0.5, 0.6) is 0 Å². The number of nitro benzene ring substituents is 3. The Hall–Kier alpha value is -20.0. The summed E-state index contributed by atoms with van der Waals surface area (Å²) in [4.78, 5) is 141. The second-order valence-electron chi connectivity index (χ2n) is 34.8. The standard InChI is InChI=1S/2C19H15N3O3.C18H13ClN4O3.C18H12F2N4O3.C18H14N4O3.C18H15N3O/c23-18(13-10-20-22(11-13)14-6-2-1-3-7-14)21-12-16(19(24)25)15-8-4-5-9-17(15)21;23-18(15-11-20-22(12-15)16-4-2-1-3-5-16)21-9-8-13-10-14(19(24)25)6-7-17(13)21;19-15-3-1-2-4-17(15)22-11-13(10-20-22)18(24)21-8-7-12-9-14(23(25)26)5-6-16(12)21;19-13-1-3-17(15(20)8-13)23-10-12(9-21-23)18(25)22-6-5-11-7-14(24(26)27)2-4-16(11)22;23-18(14-11-19-21(12-14)15-4-2-1-3-5-15)20-9-8-13-10-16(22(24)25)6-7-17(13)20;22-18(20-11-10-14-6-4-5-9-17(14)20)15-12-19-21(13-15)16-7-2-1-3-8-16/h1-11,16H,12H2,(H,24,25);1-7,10-12H,8-9H2,(H,24,25);1-6,9-11H,7-8H2;1-4,7-10H,5-6H2;1-7,10-12H,8-9H2;1-9,12-13H,10-11H2. The van der Waals surface area contributed by atoms with E-state index in [0.29, 0.717) is 113 Å². The molecule has 12 aromatic carbocycles. The van der Waals surface area contributed by atoms with Gasteiger partial charge in [0.2, 0.25) is 0 Å². The highest BCUT2D eigenvalue weighted by Gasteiger charge is 2.39. The van der Waals surface area contributed by atoms with Crippen LogP contribution in [-0.4, -0.2) is 170 Å². The van der Waals surface area contributed by atoms with E-state index in [-0.39, 0.29) is 75.9 Å². The van der Waals surface area contributed by atoms with Gasteiger partial charge in [-0.2, -0.15) is 30.6 Å². The molecule has 2 N–H and O–H groups in total. The lowest BCUT2D eigenvalue weighted by Gasteiger charge is -2.16. The monoisotopic (exact) mass is 2030 g/mol. The van der Waals surface area contributed by atoms with Crippen molar-refractivity contribution >= 4 is 110 Å². The quantitative estimate of drug-likeness (QED) is 0.0631. The molecular weight excluding hydrogens is 1940 g/mol. The summed E-state index contributed by atoms with van der Waals surface area (Å²) in [6, 6.07) is 82.3. The van der Waals surface area contributed by atoms with E-state index >= 15 is 0 Å². The number of aromatic carboxylic acids is 1. The molecule has 6 amide bonds. The molecule has 1 unspecified atom stereocenters. The number of carbonyl (C=O) groups is 8.